The maximum absolute atomic E-state index is 11.3. The first-order valence-electron chi connectivity index (χ1n) is 8.06. The highest BCUT2D eigenvalue weighted by Gasteiger charge is 2.23. The topological polar surface area (TPSA) is 103 Å². The van der Waals surface area contributed by atoms with Gasteiger partial charge in [0.15, 0.2) is 5.96 Å². The van der Waals surface area contributed by atoms with Crippen molar-refractivity contribution in [3.05, 3.63) is 22.4 Å². The van der Waals surface area contributed by atoms with Crippen LogP contribution in [0.25, 0.3) is 0 Å². The summed E-state index contributed by atoms with van der Waals surface area (Å²) in [6.45, 7) is 7.22. The van der Waals surface area contributed by atoms with E-state index in [-0.39, 0.29) is 12.3 Å². The van der Waals surface area contributed by atoms with Gasteiger partial charge in [0.1, 0.15) is 5.60 Å². The second-order valence-electron chi connectivity index (χ2n) is 5.52. The molecule has 1 unspecified atom stereocenters. The van der Waals surface area contributed by atoms with Crippen LogP contribution in [0.2, 0.25) is 0 Å². The number of nitrogens with one attached hydrogen (secondary N) is 3. The lowest BCUT2D eigenvalue weighted by Gasteiger charge is -2.20. The molecule has 0 bridgehead atoms. The summed E-state index contributed by atoms with van der Waals surface area (Å²) < 4.78 is 25.2. The Kier molecular flexibility index (Phi) is 8.68. The summed E-state index contributed by atoms with van der Waals surface area (Å²) in [5.74, 6) is 0.690. The van der Waals surface area contributed by atoms with Crippen LogP contribution in [-0.4, -0.2) is 51.4 Å². The van der Waals surface area contributed by atoms with Gasteiger partial charge in [-0.2, -0.15) is 0 Å². The first-order chi connectivity index (χ1) is 11.3. The Labute approximate surface area is 148 Å². The van der Waals surface area contributed by atoms with Crippen LogP contribution >= 0.6 is 11.3 Å². The summed E-state index contributed by atoms with van der Waals surface area (Å²) in [5.41, 5.74) is -1.01. The zero-order valence-electron chi connectivity index (χ0n) is 14.5. The predicted octanol–water partition coefficient (Wildman–Crippen LogP) is 0.840. The van der Waals surface area contributed by atoms with Gasteiger partial charge in [-0.3, -0.25) is 0 Å². The Morgan fingerprint density at radius 3 is 2.67 bits per heavy atom. The molecule has 0 saturated carbocycles. The lowest BCUT2D eigenvalue weighted by atomic mass is 10.1. The minimum atomic E-state index is -3.14. The Morgan fingerprint density at radius 2 is 2.08 bits per heavy atom. The number of thiophene rings is 1. The van der Waals surface area contributed by atoms with E-state index in [4.69, 9.17) is 0 Å². The molecule has 4 N–H and O–H groups in total. The third-order valence-electron chi connectivity index (χ3n) is 3.29. The van der Waals surface area contributed by atoms with Gasteiger partial charge in [-0.1, -0.05) is 6.07 Å². The van der Waals surface area contributed by atoms with Crippen LogP contribution in [0, 0.1) is 0 Å². The van der Waals surface area contributed by atoms with Gasteiger partial charge in [0.25, 0.3) is 0 Å². The van der Waals surface area contributed by atoms with Crippen LogP contribution in [0.15, 0.2) is 22.5 Å². The average Bonchev–Trinajstić information content (AvgIpc) is 3.07. The van der Waals surface area contributed by atoms with Gasteiger partial charge in [0, 0.05) is 24.5 Å². The summed E-state index contributed by atoms with van der Waals surface area (Å²) >= 11 is 1.50. The molecule has 0 aliphatic heterocycles. The van der Waals surface area contributed by atoms with Crippen LogP contribution in [0.5, 0.6) is 0 Å². The highest BCUT2D eigenvalue weighted by Crippen LogP contribution is 2.25. The van der Waals surface area contributed by atoms with E-state index in [1.54, 1.807) is 13.8 Å². The third-order valence-corrected chi connectivity index (χ3v) is 5.82. The first kappa shape index (κ1) is 20.9. The molecule has 1 aromatic heterocycles. The molecule has 1 atom stereocenters. The van der Waals surface area contributed by atoms with Gasteiger partial charge in [0.05, 0.1) is 12.3 Å². The predicted molar refractivity (Wildman–Crippen MR) is 100.0 cm³/mol. The van der Waals surface area contributed by atoms with E-state index in [9.17, 15) is 13.5 Å². The van der Waals surface area contributed by atoms with Crippen LogP contribution < -0.4 is 15.4 Å². The quantitative estimate of drug-likeness (QED) is 0.275. The fourth-order valence-corrected chi connectivity index (χ4v) is 3.30. The van der Waals surface area contributed by atoms with Crippen molar-refractivity contribution in [2.45, 2.75) is 32.8 Å². The number of nitrogens with zero attached hydrogens (tertiary/aromatic N) is 1. The van der Waals surface area contributed by atoms with Crippen LogP contribution in [-0.2, 0) is 15.6 Å². The Morgan fingerprint density at radius 1 is 1.33 bits per heavy atom. The standard InChI is InChI=1S/C15H28N4O3S2/c1-4-16-14(17-9-7-10-19-24(21,22)5-2)18-12-15(3,20)13-8-6-11-23-13/h6,8,11,19-20H,4-5,7,9-10,12H2,1-3H3,(H2,16,17,18). The second kappa shape index (κ2) is 9.97. The molecule has 0 amide bonds. The molecule has 7 nitrogen and oxygen atoms in total. The molecule has 0 saturated heterocycles. The lowest BCUT2D eigenvalue weighted by molar-refractivity contribution is 0.0711. The number of aliphatic hydroxyl groups is 1. The van der Waals surface area contributed by atoms with Gasteiger partial charge < -0.3 is 15.7 Å². The molecular formula is C15H28N4O3S2. The fourth-order valence-electron chi connectivity index (χ4n) is 1.86. The van der Waals surface area contributed by atoms with Gasteiger partial charge in [-0.15, -0.1) is 11.3 Å². The maximum Gasteiger partial charge on any atom is 0.211 e. The van der Waals surface area contributed by atoms with E-state index in [1.807, 2.05) is 24.4 Å². The van der Waals surface area contributed by atoms with Gasteiger partial charge in [-0.05, 0) is 38.6 Å². The van der Waals surface area contributed by atoms with Crippen molar-refractivity contribution < 1.29 is 13.5 Å². The van der Waals surface area contributed by atoms with E-state index in [0.29, 0.717) is 32.0 Å². The summed E-state index contributed by atoms with van der Waals surface area (Å²) in [6.07, 6.45) is 0.644. The molecule has 0 radical (unpaired) electrons. The largest absolute Gasteiger partial charge is 0.383 e. The van der Waals surface area contributed by atoms with Crippen molar-refractivity contribution in [1.29, 1.82) is 0 Å². The summed E-state index contributed by atoms with van der Waals surface area (Å²) in [6, 6.07) is 3.79. The molecule has 1 aromatic rings. The molecule has 0 aromatic carbocycles. The third kappa shape index (κ3) is 7.61. The minimum absolute atomic E-state index is 0.0856. The van der Waals surface area contributed by atoms with E-state index in [2.05, 4.69) is 20.3 Å². The molecular weight excluding hydrogens is 348 g/mol. The molecule has 0 fully saturated rings. The maximum atomic E-state index is 11.3. The van der Waals surface area contributed by atoms with Crippen molar-refractivity contribution in [1.82, 2.24) is 15.4 Å². The normalized spacial score (nSPS) is 15.1. The molecule has 0 spiro atoms. The molecule has 9 heteroatoms. The zero-order valence-corrected chi connectivity index (χ0v) is 16.1. The molecule has 1 rings (SSSR count). The second-order valence-corrected chi connectivity index (χ2v) is 8.57. The zero-order chi connectivity index (χ0) is 18.1. The number of rotatable bonds is 10. The Hall–Kier alpha value is -1.16. The van der Waals surface area contributed by atoms with Crippen LogP contribution in [0.3, 0.4) is 0 Å². The molecule has 0 aliphatic carbocycles. The van der Waals surface area contributed by atoms with Crippen molar-refractivity contribution in [3.8, 4) is 0 Å². The van der Waals surface area contributed by atoms with Crippen molar-refractivity contribution in [2.24, 2.45) is 4.99 Å². The lowest BCUT2D eigenvalue weighted by Crippen LogP contribution is -2.40. The molecule has 1 heterocycles. The number of hydrogen-bond acceptors (Lipinski definition) is 5. The van der Waals surface area contributed by atoms with E-state index in [1.165, 1.54) is 11.3 Å². The average molecular weight is 377 g/mol. The van der Waals surface area contributed by atoms with Crippen molar-refractivity contribution in [2.75, 3.05) is 31.9 Å². The van der Waals surface area contributed by atoms with E-state index >= 15 is 0 Å². The molecule has 138 valence electrons. The first-order valence-corrected chi connectivity index (χ1v) is 10.6. The number of guanidine groups is 1. The Balaban J connectivity index is 2.45. The monoisotopic (exact) mass is 376 g/mol. The number of aliphatic imine (C=N–C) groups is 1. The summed E-state index contributed by atoms with van der Waals surface area (Å²) in [7, 11) is -3.14. The van der Waals surface area contributed by atoms with Gasteiger partial charge in [-0.25, -0.2) is 18.1 Å². The van der Waals surface area contributed by atoms with Crippen molar-refractivity contribution >= 4 is 27.3 Å². The van der Waals surface area contributed by atoms with Crippen LogP contribution in [0.4, 0.5) is 0 Å². The Bertz CT molecular complexity index is 598. The van der Waals surface area contributed by atoms with Crippen LogP contribution in [0.1, 0.15) is 32.1 Å². The van der Waals surface area contributed by atoms with E-state index in [0.717, 1.165) is 4.88 Å². The fraction of sp³-hybridized carbons (Fsp3) is 0.667. The number of hydrogen-bond donors (Lipinski definition) is 4. The summed E-state index contributed by atoms with van der Waals surface area (Å²) in [5, 5.41) is 18.7. The highest BCUT2D eigenvalue weighted by molar-refractivity contribution is 7.89. The van der Waals surface area contributed by atoms with Gasteiger partial charge >= 0.3 is 0 Å². The van der Waals surface area contributed by atoms with E-state index < -0.39 is 15.6 Å². The smallest absolute Gasteiger partial charge is 0.211 e. The minimum Gasteiger partial charge on any atom is -0.383 e. The molecule has 0 aliphatic rings. The van der Waals surface area contributed by atoms with Gasteiger partial charge in [0.2, 0.25) is 10.0 Å². The van der Waals surface area contributed by atoms with Crippen molar-refractivity contribution in [3.63, 3.8) is 0 Å². The SMILES string of the molecule is CCNC(=NCC(C)(O)c1cccs1)NCCCNS(=O)(=O)CC. The molecule has 24 heavy (non-hydrogen) atoms. The summed E-state index contributed by atoms with van der Waals surface area (Å²) in [4.78, 5) is 5.29. The number of sulfonamides is 1. The highest BCUT2D eigenvalue weighted by atomic mass is 32.2.